The van der Waals surface area contributed by atoms with E-state index in [1.54, 1.807) is 0 Å². The number of hydrogen-bond donors (Lipinski definition) is 1. The minimum Gasteiger partial charge on any atom is -0.312 e. The van der Waals surface area contributed by atoms with Gasteiger partial charge in [0.05, 0.1) is 6.54 Å². The Balaban J connectivity index is 1.67. The van der Waals surface area contributed by atoms with Crippen molar-refractivity contribution in [2.75, 3.05) is 13.1 Å². The van der Waals surface area contributed by atoms with E-state index in [-0.39, 0.29) is 0 Å². The summed E-state index contributed by atoms with van der Waals surface area (Å²) in [5, 5.41) is 7.15. The van der Waals surface area contributed by atoms with Crippen LogP contribution in [0.3, 0.4) is 0 Å². The molecule has 0 spiro atoms. The summed E-state index contributed by atoms with van der Waals surface area (Å²) in [4.78, 5) is 7.29. The molecule has 2 aliphatic rings. The van der Waals surface area contributed by atoms with Crippen molar-refractivity contribution in [3.63, 3.8) is 0 Å². The molecule has 3 heterocycles. The van der Waals surface area contributed by atoms with E-state index in [1.165, 1.54) is 55.9 Å². The number of aromatic nitrogens is 1. The van der Waals surface area contributed by atoms with Gasteiger partial charge in [0.2, 0.25) is 0 Å². The Morgan fingerprint density at radius 1 is 1.39 bits per heavy atom. The maximum atomic E-state index is 4.62. The van der Waals surface area contributed by atoms with E-state index in [0.29, 0.717) is 0 Å². The summed E-state index contributed by atoms with van der Waals surface area (Å²) in [6, 6.07) is 1.47. The quantitative estimate of drug-likeness (QED) is 0.910. The highest BCUT2D eigenvalue weighted by molar-refractivity contribution is 7.09. The molecule has 1 aromatic heterocycles. The molecule has 1 aromatic rings. The summed E-state index contributed by atoms with van der Waals surface area (Å²) in [5.41, 5.74) is 1.17. The molecule has 100 valence electrons. The maximum Gasteiger partial charge on any atom is 0.107 e. The van der Waals surface area contributed by atoms with E-state index >= 15 is 0 Å². The summed E-state index contributed by atoms with van der Waals surface area (Å²) in [6.07, 6.45) is 6.83. The minimum absolute atomic E-state index is 0.728. The Hall–Kier alpha value is -0.450. The van der Waals surface area contributed by atoms with E-state index < -0.39 is 0 Å². The second-order valence-corrected chi connectivity index (χ2v) is 6.56. The summed E-state index contributed by atoms with van der Waals surface area (Å²) < 4.78 is 0. The van der Waals surface area contributed by atoms with Crippen molar-refractivity contribution in [1.82, 2.24) is 15.2 Å². The van der Waals surface area contributed by atoms with Crippen molar-refractivity contribution in [3.05, 3.63) is 16.1 Å². The predicted molar refractivity (Wildman–Crippen MR) is 75.9 cm³/mol. The van der Waals surface area contributed by atoms with Crippen LogP contribution in [0.15, 0.2) is 5.38 Å². The van der Waals surface area contributed by atoms with Gasteiger partial charge in [0.25, 0.3) is 0 Å². The first-order valence-corrected chi connectivity index (χ1v) is 8.09. The Morgan fingerprint density at radius 3 is 3.06 bits per heavy atom. The third-order valence-corrected chi connectivity index (χ3v) is 5.18. The highest BCUT2D eigenvalue weighted by atomic mass is 32.1. The highest BCUT2D eigenvalue weighted by Gasteiger charge is 2.31. The van der Waals surface area contributed by atoms with Crippen LogP contribution in [-0.4, -0.2) is 35.1 Å². The average molecular weight is 265 g/mol. The summed E-state index contributed by atoms with van der Waals surface area (Å²) in [7, 11) is 0. The monoisotopic (exact) mass is 265 g/mol. The fourth-order valence-electron chi connectivity index (χ4n) is 3.36. The fourth-order valence-corrected chi connectivity index (χ4v) is 4.15. The molecule has 2 saturated heterocycles. The Morgan fingerprint density at radius 2 is 2.33 bits per heavy atom. The van der Waals surface area contributed by atoms with Crippen molar-refractivity contribution in [2.45, 2.75) is 57.7 Å². The number of thiazole rings is 1. The number of nitrogens with one attached hydrogen (secondary N) is 1. The van der Waals surface area contributed by atoms with E-state index in [9.17, 15) is 0 Å². The van der Waals surface area contributed by atoms with Crippen molar-refractivity contribution in [2.24, 2.45) is 0 Å². The zero-order valence-electron chi connectivity index (χ0n) is 11.2. The highest BCUT2D eigenvalue weighted by Crippen LogP contribution is 2.26. The van der Waals surface area contributed by atoms with Gasteiger partial charge >= 0.3 is 0 Å². The average Bonchev–Trinajstić information content (AvgIpc) is 3.02. The molecule has 0 radical (unpaired) electrons. The van der Waals surface area contributed by atoms with Gasteiger partial charge in [-0.15, -0.1) is 11.3 Å². The second kappa shape index (κ2) is 5.68. The molecular formula is C14H23N3S. The second-order valence-electron chi connectivity index (χ2n) is 5.62. The molecule has 3 nitrogen and oxygen atoms in total. The number of hydrogen-bond acceptors (Lipinski definition) is 4. The molecule has 1 N–H and O–H groups in total. The van der Waals surface area contributed by atoms with Gasteiger partial charge in [-0.2, -0.15) is 0 Å². The largest absolute Gasteiger partial charge is 0.312 e. The van der Waals surface area contributed by atoms with Gasteiger partial charge in [-0.25, -0.2) is 4.98 Å². The minimum atomic E-state index is 0.728. The zero-order valence-corrected chi connectivity index (χ0v) is 12.0. The van der Waals surface area contributed by atoms with Crippen molar-refractivity contribution in [3.8, 4) is 0 Å². The van der Waals surface area contributed by atoms with Gasteiger partial charge in [-0.3, -0.25) is 4.90 Å². The van der Waals surface area contributed by atoms with Gasteiger partial charge in [0.1, 0.15) is 5.01 Å². The Labute approximate surface area is 114 Å². The van der Waals surface area contributed by atoms with E-state index in [1.807, 2.05) is 11.3 Å². The molecule has 2 fully saturated rings. The van der Waals surface area contributed by atoms with E-state index in [4.69, 9.17) is 0 Å². The van der Waals surface area contributed by atoms with E-state index in [2.05, 4.69) is 27.5 Å². The molecule has 2 atom stereocenters. The number of likely N-dealkylation sites (tertiary alicyclic amines) is 1. The van der Waals surface area contributed by atoms with Crippen LogP contribution in [0.4, 0.5) is 0 Å². The Bertz CT molecular complexity index is 384. The van der Waals surface area contributed by atoms with Crippen molar-refractivity contribution >= 4 is 11.3 Å². The van der Waals surface area contributed by atoms with Gasteiger partial charge in [0.15, 0.2) is 0 Å². The standard InChI is InChI=1S/C14H23N3S/c1-11-10-18-14(16-11)9-17-8-3-2-6-13(17)12-5-4-7-15-12/h10,12-13,15H,2-9H2,1H3. The lowest BCUT2D eigenvalue weighted by atomic mass is 9.94. The summed E-state index contributed by atoms with van der Waals surface area (Å²) in [6.45, 7) is 5.61. The van der Waals surface area contributed by atoms with Gasteiger partial charge in [-0.05, 0) is 45.7 Å². The van der Waals surface area contributed by atoms with Crippen LogP contribution < -0.4 is 5.32 Å². The lowest BCUT2D eigenvalue weighted by Crippen LogP contribution is -2.49. The Kier molecular flexibility index (Phi) is 3.97. The topological polar surface area (TPSA) is 28.2 Å². The SMILES string of the molecule is Cc1csc(CN2CCCCC2C2CCCN2)n1. The smallest absolute Gasteiger partial charge is 0.107 e. The first kappa shape index (κ1) is 12.6. The molecule has 0 bridgehead atoms. The molecule has 2 unspecified atom stereocenters. The first-order valence-electron chi connectivity index (χ1n) is 7.21. The van der Waals surface area contributed by atoms with Crippen LogP contribution in [0.25, 0.3) is 0 Å². The van der Waals surface area contributed by atoms with Gasteiger partial charge in [0, 0.05) is 23.2 Å². The molecule has 18 heavy (non-hydrogen) atoms. The fraction of sp³-hybridized carbons (Fsp3) is 0.786. The van der Waals surface area contributed by atoms with Gasteiger partial charge < -0.3 is 5.32 Å². The van der Waals surface area contributed by atoms with Gasteiger partial charge in [-0.1, -0.05) is 6.42 Å². The first-order chi connectivity index (χ1) is 8.83. The zero-order chi connectivity index (χ0) is 12.4. The molecule has 0 saturated carbocycles. The molecule has 0 aliphatic carbocycles. The molecular weight excluding hydrogens is 242 g/mol. The number of rotatable bonds is 3. The van der Waals surface area contributed by atoms with Crippen LogP contribution >= 0.6 is 11.3 Å². The molecule has 0 amide bonds. The summed E-state index contributed by atoms with van der Waals surface area (Å²) in [5.74, 6) is 0. The lowest BCUT2D eigenvalue weighted by molar-refractivity contribution is 0.112. The molecule has 2 aliphatic heterocycles. The lowest BCUT2D eigenvalue weighted by Gasteiger charge is -2.38. The molecule has 0 aromatic carbocycles. The van der Waals surface area contributed by atoms with Crippen LogP contribution in [0.1, 0.15) is 42.8 Å². The van der Waals surface area contributed by atoms with Crippen LogP contribution in [0.2, 0.25) is 0 Å². The van der Waals surface area contributed by atoms with E-state index in [0.717, 1.165) is 18.6 Å². The number of piperidine rings is 1. The molecule has 3 rings (SSSR count). The third kappa shape index (κ3) is 2.76. The number of nitrogens with zero attached hydrogens (tertiary/aromatic N) is 2. The predicted octanol–water partition coefficient (Wildman–Crippen LogP) is 2.56. The van der Waals surface area contributed by atoms with Crippen LogP contribution in [-0.2, 0) is 6.54 Å². The van der Waals surface area contributed by atoms with Crippen molar-refractivity contribution in [1.29, 1.82) is 0 Å². The summed E-state index contributed by atoms with van der Waals surface area (Å²) >= 11 is 1.81. The van der Waals surface area contributed by atoms with Crippen molar-refractivity contribution < 1.29 is 0 Å². The molecule has 4 heteroatoms. The van der Waals surface area contributed by atoms with Crippen LogP contribution in [0, 0.1) is 6.92 Å². The number of aryl methyl sites for hydroxylation is 1. The maximum absolute atomic E-state index is 4.62. The third-order valence-electron chi connectivity index (χ3n) is 4.23. The normalized spacial score (nSPS) is 29.8. The van der Waals surface area contributed by atoms with Crippen LogP contribution in [0.5, 0.6) is 0 Å².